The minimum absolute atomic E-state index is 0.193. The van der Waals surface area contributed by atoms with Crippen LogP contribution in [0, 0.1) is 0 Å². The van der Waals surface area contributed by atoms with Gasteiger partial charge in [0.25, 0.3) is 5.91 Å². The van der Waals surface area contributed by atoms with Crippen LogP contribution in [0.15, 0.2) is 42.9 Å². The molecule has 0 saturated heterocycles. The lowest BCUT2D eigenvalue weighted by Crippen LogP contribution is -2.27. The van der Waals surface area contributed by atoms with E-state index in [0.29, 0.717) is 5.56 Å². The molecule has 86 valence electrons. The molecule has 0 fully saturated rings. The molecular formula is C12H12N4O. The molecule has 2 aromatic rings. The van der Waals surface area contributed by atoms with Gasteiger partial charge in [-0.1, -0.05) is 0 Å². The second-order valence-electron chi connectivity index (χ2n) is 3.51. The van der Waals surface area contributed by atoms with Crippen molar-refractivity contribution < 1.29 is 4.79 Å². The molecule has 2 rings (SSSR count). The molecule has 17 heavy (non-hydrogen) atoms. The minimum Gasteiger partial charge on any atom is -0.383 e. The van der Waals surface area contributed by atoms with Gasteiger partial charge in [0.05, 0.1) is 5.56 Å². The number of nitrogens with two attached hydrogens (primary N) is 1. The van der Waals surface area contributed by atoms with Crippen molar-refractivity contribution in [3.63, 3.8) is 0 Å². The fourth-order valence-electron chi connectivity index (χ4n) is 1.46. The summed E-state index contributed by atoms with van der Waals surface area (Å²) in [5, 5.41) is 0. The summed E-state index contributed by atoms with van der Waals surface area (Å²) in [4.78, 5) is 21.5. The summed E-state index contributed by atoms with van der Waals surface area (Å²) in [5.41, 5.74) is 6.82. The maximum Gasteiger partial charge on any atom is 0.261 e. The Morgan fingerprint density at radius 1 is 1.24 bits per heavy atom. The van der Waals surface area contributed by atoms with Crippen LogP contribution < -0.4 is 10.6 Å². The second-order valence-corrected chi connectivity index (χ2v) is 3.51. The van der Waals surface area contributed by atoms with Crippen LogP contribution in [0.1, 0.15) is 10.4 Å². The van der Waals surface area contributed by atoms with Crippen molar-refractivity contribution in [1.82, 2.24) is 9.97 Å². The summed E-state index contributed by atoms with van der Waals surface area (Å²) >= 11 is 0. The van der Waals surface area contributed by atoms with E-state index in [0.717, 1.165) is 5.69 Å². The van der Waals surface area contributed by atoms with Gasteiger partial charge in [-0.25, -0.2) is 4.98 Å². The Kier molecular flexibility index (Phi) is 3.00. The van der Waals surface area contributed by atoms with Gasteiger partial charge in [0.2, 0.25) is 0 Å². The van der Waals surface area contributed by atoms with Gasteiger partial charge < -0.3 is 10.6 Å². The molecule has 2 aromatic heterocycles. The summed E-state index contributed by atoms with van der Waals surface area (Å²) in [7, 11) is 1.68. The zero-order chi connectivity index (χ0) is 12.3. The number of aromatic nitrogens is 2. The lowest BCUT2D eigenvalue weighted by Gasteiger charge is -2.17. The van der Waals surface area contributed by atoms with Gasteiger partial charge in [0.1, 0.15) is 5.82 Å². The van der Waals surface area contributed by atoms with E-state index in [1.165, 1.54) is 4.90 Å². The first kappa shape index (κ1) is 11.1. The van der Waals surface area contributed by atoms with Crippen molar-refractivity contribution in [2.75, 3.05) is 17.7 Å². The van der Waals surface area contributed by atoms with Crippen molar-refractivity contribution in [3.05, 3.63) is 48.4 Å². The molecular weight excluding hydrogens is 216 g/mol. The number of hydrogen-bond donors (Lipinski definition) is 1. The van der Waals surface area contributed by atoms with E-state index < -0.39 is 0 Å². The van der Waals surface area contributed by atoms with Gasteiger partial charge in [-0.05, 0) is 24.3 Å². The van der Waals surface area contributed by atoms with Crippen molar-refractivity contribution >= 4 is 17.4 Å². The molecule has 0 atom stereocenters. The summed E-state index contributed by atoms with van der Waals surface area (Å²) < 4.78 is 0. The number of pyridine rings is 2. The Hall–Kier alpha value is -2.43. The van der Waals surface area contributed by atoms with Crippen LogP contribution in [0.25, 0.3) is 0 Å². The first-order valence-corrected chi connectivity index (χ1v) is 5.08. The van der Waals surface area contributed by atoms with Crippen LogP contribution >= 0.6 is 0 Å². The van der Waals surface area contributed by atoms with Crippen molar-refractivity contribution in [2.45, 2.75) is 0 Å². The minimum atomic E-state index is -0.193. The molecule has 0 aromatic carbocycles. The molecule has 5 nitrogen and oxygen atoms in total. The number of amides is 1. The Morgan fingerprint density at radius 2 is 1.94 bits per heavy atom. The number of carbonyl (C=O) groups is 1. The highest BCUT2D eigenvalue weighted by atomic mass is 16.2. The highest BCUT2D eigenvalue weighted by Crippen LogP contribution is 2.16. The fourth-order valence-corrected chi connectivity index (χ4v) is 1.46. The SMILES string of the molecule is CN(C(=O)c1cccnc1N)c1ccncc1. The van der Waals surface area contributed by atoms with E-state index in [1.54, 1.807) is 49.9 Å². The maximum atomic E-state index is 12.2. The largest absolute Gasteiger partial charge is 0.383 e. The zero-order valence-corrected chi connectivity index (χ0v) is 9.37. The van der Waals surface area contributed by atoms with Gasteiger partial charge in [-0.2, -0.15) is 0 Å². The van der Waals surface area contributed by atoms with Gasteiger partial charge in [0, 0.05) is 31.3 Å². The van der Waals surface area contributed by atoms with Crippen LogP contribution in [0.4, 0.5) is 11.5 Å². The molecule has 5 heteroatoms. The molecule has 2 N–H and O–H groups in total. The number of nitrogen functional groups attached to an aromatic ring is 1. The van der Waals surface area contributed by atoms with Crippen molar-refractivity contribution in [1.29, 1.82) is 0 Å². The van der Waals surface area contributed by atoms with Crippen molar-refractivity contribution in [2.24, 2.45) is 0 Å². The molecule has 0 saturated carbocycles. The Labute approximate surface area is 98.9 Å². The average Bonchev–Trinajstić information content (AvgIpc) is 2.39. The van der Waals surface area contributed by atoms with Crippen LogP contribution in [0.5, 0.6) is 0 Å². The summed E-state index contributed by atoms with van der Waals surface area (Å²) in [6, 6.07) is 6.85. The van der Waals surface area contributed by atoms with Crippen molar-refractivity contribution in [3.8, 4) is 0 Å². The van der Waals surface area contributed by atoms with E-state index in [2.05, 4.69) is 9.97 Å². The van der Waals surface area contributed by atoms with Crippen LogP contribution in [-0.2, 0) is 0 Å². The molecule has 0 aliphatic rings. The Bertz CT molecular complexity index is 527. The maximum absolute atomic E-state index is 12.2. The van der Waals surface area contributed by atoms with Gasteiger partial charge in [0.15, 0.2) is 0 Å². The van der Waals surface area contributed by atoms with Gasteiger partial charge >= 0.3 is 0 Å². The number of hydrogen-bond acceptors (Lipinski definition) is 4. The smallest absolute Gasteiger partial charge is 0.261 e. The van der Waals surface area contributed by atoms with E-state index in [1.807, 2.05) is 0 Å². The molecule has 1 amide bonds. The second kappa shape index (κ2) is 4.61. The molecule has 0 bridgehead atoms. The number of carbonyl (C=O) groups excluding carboxylic acids is 1. The van der Waals surface area contributed by atoms with E-state index in [-0.39, 0.29) is 11.7 Å². The van der Waals surface area contributed by atoms with Crippen LogP contribution in [0.3, 0.4) is 0 Å². The van der Waals surface area contributed by atoms with E-state index in [4.69, 9.17) is 5.73 Å². The first-order chi connectivity index (χ1) is 8.20. The van der Waals surface area contributed by atoms with Crippen LogP contribution in [-0.4, -0.2) is 22.9 Å². The fraction of sp³-hybridized carbons (Fsp3) is 0.0833. The molecule has 0 spiro atoms. The Morgan fingerprint density at radius 3 is 2.59 bits per heavy atom. The number of nitrogens with zero attached hydrogens (tertiary/aromatic N) is 3. The quantitative estimate of drug-likeness (QED) is 0.841. The molecule has 2 heterocycles. The number of rotatable bonds is 2. The van der Waals surface area contributed by atoms with Gasteiger partial charge in [-0.3, -0.25) is 9.78 Å². The average molecular weight is 228 g/mol. The highest BCUT2D eigenvalue weighted by molar-refractivity contribution is 6.08. The summed E-state index contributed by atoms with van der Waals surface area (Å²) in [6.07, 6.45) is 4.82. The third-order valence-electron chi connectivity index (χ3n) is 2.42. The number of anilines is 2. The third-order valence-corrected chi connectivity index (χ3v) is 2.42. The topological polar surface area (TPSA) is 72.1 Å². The summed E-state index contributed by atoms with van der Waals surface area (Å²) in [6.45, 7) is 0. The summed E-state index contributed by atoms with van der Waals surface area (Å²) in [5.74, 6) is 0.0419. The monoisotopic (exact) mass is 228 g/mol. The third kappa shape index (κ3) is 2.23. The highest BCUT2D eigenvalue weighted by Gasteiger charge is 2.16. The standard InChI is InChI=1S/C12H12N4O/c1-16(9-4-7-14-8-5-9)12(17)10-3-2-6-15-11(10)13/h2-8H,1H3,(H2,13,15). The van der Waals surface area contributed by atoms with E-state index >= 15 is 0 Å². The Balaban J connectivity index is 2.30. The predicted octanol–water partition coefficient (Wildman–Crippen LogP) is 1.34. The molecule has 0 unspecified atom stereocenters. The lowest BCUT2D eigenvalue weighted by molar-refractivity contribution is 0.0993. The van der Waals surface area contributed by atoms with Gasteiger partial charge in [-0.15, -0.1) is 0 Å². The predicted molar refractivity (Wildman–Crippen MR) is 65.6 cm³/mol. The zero-order valence-electron chi connectivity index (χ0n) is 9.37. The molecule has 0 aliphatic carbocycles. The molecule has 0 radical (unpaired) electrons. The first-order valence-electron chi connectivity index (χ1n) is 5.08. The molecule has 0 aliphatic heterocycles. The van der Waals surface area contributed by atoms with E-state index in [9.17, 15) is 4.79 Å². The normalized spacial score (nSPS) is 9.94. The lowest BCUT2D eigenvalue weighted by atomic mass is 10.2. The van der Waals surface area contributed by atoms with Crippen LogP contribution in [0.2, 0.25) is 0 Å².